The van der Waals surface area contributed by atoms with Crippen molar-refractivity contribution >= 4 is 5.78 Å². The third-order valence-electron chi connectivity index (χ3n) is 11.7. The largest absolute Gasteiger partial charge is 0.489 e. The molecule has 0 heterocycles. The molecule has 0 aromatic heterocycles. The summed E-state index contributed by atoms with van der Waals surface area (Å²) in [7, 11) is 0. The Bertz CT molecular complexity index is 1150. The molecule has 0 amide bonds. The molecule has 0 aromatic rings. The molecule has 0 aromatic carbocycles. The van der Waals surface area contributed by atoms with Crippen molar-refractivity contribution in [3.05, 3.63) is 46.3 Å². The molecule has 0 unspecified atom stereocenters. The Kier molecular flexibility index (Phi) is 5.42. The van der Waals surface area contributed by atoms with Crippen molar-refractivity contribution in [2.24, 2.45) is 33.0 Å². The molecule has 0 saturated heterocycles. The van der Waals surface area contributed by atoms with Gasteiger partial charge in [-0.05, 0) is 112 Å². The first-order valence-corrected chi connectivity index (χ1v) is 13.9. The number of nitrogens with zero attached hydrogens (tertiary/aromatic N) is 1. The molecular weight excluding hydrogens is 430 g/mol. The van der Waals surface area contributed by atoms with E-state index in [1.54, 1.807) is 0 Å². The summed E-state index contributed by atoms with van der Waals surface area (Å²) in [6, 6.07) is 2.72. The fraction of sp³-hybridized carbons (Fsp3) is 0.688. The highest BCUT2D eigenvalue weighted by Crippen LogP contribution is 2.76. The predicted octanol–water partition coefficient (Wildman–Crippen LogP) is 8.01. The lowest BCUT2D eigenvalue weighted by atomic mass is 9.33. The summed E-state index contributed by atoms with van der Waals surface area (Å²) in [5.41, 5.74) is 5.13. The van der Waals surface area contributed by atoms with Gasteiger partial charge in [0.1, 0.15) is 0 Å². The average molecular weight is 474 g/mol. The van der Waals surface area contributed by atoms with Gasteiger partial charge >= 0.3 is 0 Å². The van der Waals surface area contributed by atoms with E-state index in [1.165, 1.54) is 36.0 Å². The second-order valence-corrected chi connectivity index (χ2v) is 13.2. The maximum Gasteiger partial charge on any atom is 0.220 e. The molecule has 5 rings (SSSR count). The van der Waals surface area contributed by atoms with Crippen LogP contribution >= 0.6 is 0 Å². The lowest BCUT2D eigenvalue weighted by molar-refractivity contribution is -0.166. The lowest BCUT2D eigenvalue weighted by Gasteiger charge is -2.70. The summed E-state index contributed by atoms with van der Waals surface area (Å²) in [5.74, 6) is 1.09. The van der Waals surface area contributed by atoms with Gasteiger partial charge < -0.3 is 4.74 Å². The second kappa shape index (κ2) is 7.71. The van der Waals surface area contributed by atoms with Crippen molar-refractivity contribution in [1.29, 1.82) is 5.26 Å². The fourth-order valence-corrected chi connectivity index (χ4v) is 9.44. The Morgan fingerprint density at radius 3 is 2.40 bits per heavy atom. The van der Waals surface area contributed by atoms with Gasteiger partial charge in [-0.1, -0.05) is 45.4 Å². The first kappa shape index (κ1) is 24.6. The van der Waals surface area contributed by atoms with E-state index in [0.717, 1.165) is 37.7 Å². The van der Waals surface area contributed by atoms with Crippen molar-refractivity contribution in [2.75, 3.05) is 6.61 Å². The van der Waals surface area contributed by atoms with E-state index in [1.807, 2.05) is 19.9 Å². The van der Waals surface area contributed by atoms with Gasteiger partial charge in [0.2, 0.25) is 5.78 Å². The molecule has 0 N–H and O–H groups in total. The SMILES string of the molecule is CCOC1=C(C)C2=CC=C3[C@@](C)(CC[C@@]4(CC)[C@@H]5C[C@](C)(C#N)CC[C@]5(C)CC[C@]34C)C2=CC1=O. The highest BCUT2D eigenvalue weighted by molar-refractivity contribution is 6.07. The Labute approximate surface area is 212 Å². The van der Waals surface area contributed by atoms with Gasteiger partial charge in [0.15, 0.2) is 5.76 Å². The number of ketones is 1. The maximum atomic E-state index is 13.1. The van der Waals surface area contributed by atoms with E-state index in [2.05, 4.69) is 52.8 Å². The van der Waals surface area contributed by atoms with Crippen LogP contribution in [0.25, 0.3) is 0 Å². The Morgan fingerprint density at radius 2 is 1.74 bits per heavy atom. The third-order valence-corrected chi connectivity index (χ3v) is 11.7. The van der Waals surface area contributed by atoms with Crippen LogP contribution in [0.2, 0.25) is 0 Å². The molecule has 5 aliphatic rings. The third kappa shape index (κ3) is 3.04. The van der Waals surface area contributed by atoms with Crippen LogP contribution in [0.4, 0.5) is 0 Å². The minimum absolute atomic E-state index is 0.0183. The zero-order valence-electron chi connectivity index (χ0n) is 22.9. The summed E-state index contributed by atoms with van der Waals surface area (Å²) in [6.45, 7) is 16.5. The molecule has 3 saturated carbocycles. The van der Waals surface area contributed by atoms with Crippen LogP contribution in [0.15, 0.2) is 46.3 Å². The molecule has 3 fully saturated rings. The summed E-state index contributed by atoms with van der Waals surface area (Å²) in [6.07, 6.45) is 15.6. The second-order valence-electron chi connectivity index (χ2n) is 13.2. The Hall–Kier alpha value is -2.08. The van der Waals surface area contributed by atoms with E-state index in [-0.39, 0.29) is 27.4 Å². The molecule has 3 nitrogen and oxygen atoms in total. The molecule has 0 aliphatic heterocycles. The van der Waals surface area contributed by atoms with E-state index in [0.29, 0.717) is 23.7 Å². The van der Waals surface area contributed by atoms with Gasteiger partial charge in [0.25, 0.3) is 0 Å². The quantitative estimate of drug-likeness (QED) is 0.417. The number of fused-ring (bicyclic) bond motifs is 7. The number of rotatable bonds is 3. The normalized spacial score (nSPS) is 44.6. The van der Waals surface area contributed by atoms with Crippen LogP contribution in [-0.2, 0) is 9.53 Å². The van der Waals surface area contributed by atoms with Crippen molar-refractivity contribution < 1.29 is 9.53 Å². The van der Waals surface area contributed by atoms with Crippen molar-refractivity contribution in [2.45, 2.75) is 99.8 Å². The van der Waals surface area contributed by atoms with Crippen molar-refractivity contribution in [1.82, 2.24) is 0 Å². The number of nitriles is 1. The maximum absolute atomic E-state index is 13.1. The highest BCUT2D eigenvalue weighted by Gasteiger charge is 2.67. The van der Waals surface area contributed by atoms with Gasteiger partial charge in [0.05, 0.1) is 18.1 Å². The summed E-state index contributed by atoms with van der Waals surface area (Å²) >= 11 is 0. The zero-order valence-corrected chi connectivity index (χ0v) is 22.9. The molecule has 0 radical (unpaired) electrons. The van der Waals surface area contributed by atoms with Crippen LogP contribution in [0.3, 0.4) is 0 Å². The topological polar surface area (TPSA) is 50.1 Å². The average Bonchev–Trinajstić information content (AvgIpc) is 2.83. The molecule has 0 bridgehead atoms. The van der Waals surface area contributed by atoms with Crippen molar-refractivity contribution in [3.8, 4) is 6.07 Å². The smallest absolute Gasteiger partial charge is 0.220 e. The van der Waals surface area contributed by atoms with Crippen LogP contribution in [0.5, 0.6) is 0 Å². The van der Waals surface area contributed by atoms with Gasteiger partial charge in [-0.15, -0.1) is 0 Å². The molecule has 188 valence electrons. The number of allylic oxidation sites excluding steroid dienone is 7. The van der Waals surface area contributed by atoms with Gasteiger partial charge in [-0.25, -0.2) is 0 Å². The number of hydrogen-bond donors (Lipinski definition) is 0. The number of carbonyl (C=O) groups excluding carboxylic acids is 1. The predicted molar refractivity (Wildman–Crippen MR) is 140 cm³/mol. The molecule has 3 heteroatoms. The Balaban J connectivity index is 1.66. The highest BCUT2D eigenvalue weighted by atomic mass is 16.5. The summed E-state index contributed by atoms with van der Waals surface area (Å²) in [4.78, 5) is 13.1. The number of carbonyl (C=O) groups is 1. The number of ether oxygens (including phenoxy) is 1. The van der Waals surface area contributed by atoms with E-state index in [9.17, 15) is 10.1 Å². The van der Waals surface area contributed by atoms with Gasteiger partial charge in [0, 0.05) is 11.0 Å². The summed E-state index contributed by atoms with van der Waals surface area (Å²) < 4.78 is 5.76. The number of hydrogen-bond acceptors (Lipinski definition) is 3. The monoisotopic (exact) mass is 473 g/mol. The lowest BCUT2D eigenvalue weighted by Crippen LogP contribution is -2.62. The minimum Gasteiger partial charge on any atom is -0.489 e. The van der Waals surface area contributed by atoms with E-state index < -0.39 is 0 Å². The van der Waals surface area contributed by atoms with Gasteiger partial charge in [-0.2, -0.15) is 5.26 Å². The van der Waals surface area contributed by atoms with Crippen LogP contribution in [0, 0.1) is 44.3 Å². The molecule has 35 heavy (non-hydrogen) atoms. The molecule has 0 spiro atoms. The molecular formula is C32H43NO2. The molecule has 5 aliphatic carbocycles. The van der Waals surface area contributed by atoms with E-state index >= 15 is 0 Å². The van der Waals surface area contributed by atoms with Gasteiger partial charge in [-0.3, -0.25) is 4.79 Å². The van der Waals surface area contributed by atoms with Crippen LogP contribution in [0.1, 0.15) is 99.8 Å². The first-order valence-electron chi connectivity index (χ1n) is 13.9. The minimum atomic E-state index is -0.213. The molecule has 6 atom stereocenters. The summed E-state index contributed by atoms with van der Waals surface area (Å²) in [5, 5.41) is 10.1. The zero-order chi connectivity index (χ0) is 25.4. The standard InChI is InChI=1S/C32H43NO2/c1-8-32-17-15-30(6)23-18-24(34)27(35-9-2)21(3)22(23)10-11-25(30)31(32,7)16-14-29(5)13-12-28(4,20-33)19-26(29)32/h10-11,18,26H,8-9,12-17,19H2,1-7H3/t26-,28-,29-,30+,31-,32+/m1/s1. The van der Waals surface area contributed by atoms with Crippen molar-refractivity contribution in [3.63, 3.8) is 0 Å². The van der Waals surface area contributed by atoms with E-state index in [4.69, 9.17) is 4.74 Å². The Morgan fingerprint density at radius 1 is 1.03 bits per heavy atom. The fourth-order valence-electron chi connectivity index (χ4n) is 9.44. The first-order chi connectivity index (χ1) is 16.4. The van der Waals surface area contributed by atoms with Crippen LogP contribution < -0.4 is 0 Å². The van der Waals surface area contributed by atoms with Crippen LogP contribution in [-0.4, -0.2) is 12.4 Å².